The highest BCUT2D eigenvalue weighted by Crippen LogP contribution is 2.19. The Labute approximate surface area is 101 Å². The molecule has 2 heterocycles. The maximum absolute atomic E-state index is 13.5. The summed E-state index contributed by atoms with van der Waals surface area (Å²) in [6.07, 6.45) is 1.11. The van der Waals surface area contributed by atoms with Crippen molar-refractivity contribution in [2.24, 2.45) is 0 Å². The number of alkyl halides is 1. The summed E-state index contributed by atoms with van der Waals surface area (Å²) in [6.45, 7) is 5.37. The molecule has 1 aliphatic heterocycles. The molecule has 0 saturated carbocycles. The third-order valence-electron chi connectivity index (χ3n) is 2.99. The Morgan fingerprint density at radius 3 is 2.88 bits per heavy atom. The van der Waals surface area contributed by atoms with Gasteiger partial charge in [0, 0.05) is 12.2 Å². The molecule has 0 spiro atoms. The Balaban J connectivity index is 1.98. The molecule has 0 unspecified atom stereocenters. The van der Waals surface area contributed by atoms with Crippen LogP contribution in [0.3, 0.4) is 0 Å². The molecule has 2 rings (SSSR count). The maximum Gasteiger partial charge on any atom is 0.149 e. The normalized spacial score (nSPS) is 24.9. The molecule has 1 fully saturated rings. The van der Waals surface area contributed by atoms with E-state index in [1.165, 1.54) is 0 Å². The summed E-state index contributed by atoms with van der Waals surface area (Å²) in [4.78, 5) is 4.31. The Hall–Kier alpha value is -1.16. The average Bonchev–Trinajstić information content (AvgIpc) is 2.33. The number of rotatable bonds is 3. The molecular weight excluding hydrogens is 219 g/mol. The standard InChI is InChI=1S/C13H19FN2O/c1-9(2)12-4-3-10(7-16-12)17-13-5-6-15-8-11(13)14/h3-4,7,9,11,13,15H,5-6,8H2,1-2H3/t11-,13+/m1/s1. The highest BCUT2D eigenvalue weighted by atomic mass is 19.1. The van der Waals surface area contributed by atoms with Crippen molar-refractivity contribution < 1.29 is 9.13 Å². The maximum atomic E-state index is 13.5. The van der Waals surface area contributed by atoms with Crippen molar-refractivity contribution in [1.29, 1.82) is 0 Å². The highest BCUT2D eigenvalue weighted by molar-refractivity contribution is 5.21. The van der Waals surface area contributed by atoms with Crippen molar-refractivity contribution >= 4 is 0 Å². The van der Waals surface area contributed by atoms with Crippen LogP contribution in [0.2, 0.25) is 0 Å². The summed E-state index contributed by atoms with van der Waals surface area (Å²) >= 11 is 0. The number of nitrogens with zero attached hydrogens (tertiary/aromatic N) is 1. The molecule has 0 aromatic carbocycles. The van der Waals surface area contributed by atoms with Crippen molar-refractivity contribution in [2.75, 3.05) is 13.1 Å². The van der Waals surface area contributed by atoms with Gasteiger partial charge in [-0.25, -0.2) is 4.39 Å². The van der Waals surface area contributed by atoms with Crippen LogP contribution in [0.5, 0.6) is 5.75 Å². The van der Waals surface area contributed by atoms with Gasteiger partial charge in [0.2, 0.25) is 0 Å². The van der Waals surface area contributed by atoms with E-state index in [0.29, 0.717) is 24.6 Å². The Morgan fingerprint density at radius 1 is 1.47 bits per heavy atom. The number of halogens is 1. The van der Waals surface area contributed by atoms with Crippen LogP contribution in [0.4, 0.5) is 4.39 Å². The monoisotopic (exact) mass is 238 g/mol. The highest BCUT2D eigenvalue weighted by Gasteiger charge is 2.26. The molecule has 1 N–H and O–H groups in total. The van der Waals surface area contributed by atoms with Crippen molar-refractivity contribution in [3.8, 4) is 5.75 Å². The first kappa shape index (κ1) is 12.3. The molecule has 2 atom stereocenters. The van der Waals surface area contributed by atoms with Crippen LogP contribution in [0, 0.1) is 0 Å². The van der Waals surface area contributed by atoms with Crippen LogP contribution in [0.15, 0.2) is 18.3 Å². The molecular formula is C13H19FN2O. The smallest absolute Gasteiger partial charge is 0.149 e. The fourth-order valence-corrected chi connectivity index (χ4v) is 1.91. The Morgan fingerprint density at radius 2 is 2.29 bits per heavy atom. The van der Waals surface area contributed by atoms with Crippen LogP contribution in [0.25, 0.3) is 0 Å². The lowest BCUT2D eigenvalue weighted by atomic mass is 10.1. The van der Waals surface area contributed by atoms with Crippen molar-refractivity contribution in [2.45, 2.75) is 38.5 Å². The van der Waals surface area contributed by atoms with Gasteiger partial charge in [0.05, 0.1) is 6.20 Å². The molecule has 1 aliphatic rings. The van der Waals surface area contributed by atoms with Crippen LogP contribution in [0.1, 0.15) is 31.9 Å². The van der Waals surface area contributed by atoms with Crippen LogP contribution in [-0.2, 0) is 0 Å². The second-order valence-corrected chi connectivity index (χ2v) is 4.74. The van der Waals surface area contributed by atoms with Crippen LogP contribution >= 0.6 is 0 Å². The summed E-state index contributed by atoms with van der Waals surface area (Å²) < 4.78 is 19.2. The molecule has 1 aromatic rings. The molecule has 0 radical (unpaired) electrons. The molecule has 94 valence electrons. The summed E-state index contributed by atoms with van der Waals surface area (Å²) in [5, 5.41) is 3.00. The second-order valence-electron chi connectivity index (χ2n) is 4.74. The quantitative estimate of drug-likeness (QED) is 0.877. The Bertz CT molecular complexity index is 353. The molecule has 3 nitrogen and oxygen atoms in total. The molecule has 17 heavy (non-hydrogen) atoms. The zero-order valence-electron chi connectivity index (χ0n) is 10.3. The van der Waals surface area contributed by atoms with E-state index < -0.39 is 6.17 Å². The van der Waals surface area contributed by atoms with E-state index in [4.69, 9.17) is 4.74 Å². The summed E-state index contributed by atoms with van der Waals surface area (Å²) in [5.74, 6) is 1.06. The number of hydrogen-bond acceptors (Lipinski definition) is 3. The lowest BCUT2D eigenvalue weighted by Gasteiger charge is -2.27. The van der Waals surface area contributed by atoms with E-state index >= 15 is 0 Å². The zero-order valence-corrected chi connectivity index (χ0v) is 10.3. The predicted molar refractivity (Wildman–Crippen MR) is 65.1 cm³/mol. The first-order chi connectivity index (χ1) is 8.16. The van der Waals surface area contributed by atoms with Gasteiger partial charge in [0.1, 0.15) is 18.0 Å². The molecule has 4 heteroatoms. The van der Waals surface area contributed by atoms with Crippen molar-refractivity contribution in [1.82, 2.24) is 10.3 Å². The molecule has 1 aromatic heterocycles. The van der Waals surface area contributed by atoms with E-state index in [9.17, 15) is 4.39 Å². The minimum atomic E-state index is -0.937. The molecule has 1 saturated heterocycles. The first-order valence-corrected chi connectivity index (χ1v) is 6.14. The first-order valence-electron chi connectivity index (χ1n) is 6.14. The summed E-state index contributed by atoms with van der Waals surface area (Å²) in [6, 6.07) is 3.81. The van der Waals surface area contributed by atoms with Gasteiger partial charge < -0.3 is 10.1 Å². The molecule has 0 amide bonds. The van der Waals surface area contributed by atoms with Gasteiger partial charge in [-0.1, -0.05) is 13.8 Å². The Kier molecular flexibility index (Phi) is 3.94. The van der Waals surface area contributed by atoms with Crippen molar-refractivity contribution in [3.05, 3.63) is 24.0 Å². The third kappa shape index (κ3) is 3.16. The molecule has 0 bridgehead atoms. The minimum Gasteiger partial charge on any atom is -0.486 e. The van der Waals surface area contributed by atoms with E-state index in [0.717, 1.165) is 12.2 Å². The number of hydrogen-bond donors (Lipinski definition) is 1. The number of nitrogens with one attached hydrogen (secondary N) is 1. The summed E-state index contributed by atoms with van der Waals surface area (Å²) in [7, 11) is 0. The van der Waals surface area contributed by atoms with Crippen LogP contribution in [-0.4, -0.2) is 30.3 Å². The second kappa shape index (κ2) is 5.45. The fourth-order valence-electron chi connectivity index (χ4n) is 1.91. The molecule has 0 aliphatic carbocycles. The third-order valence-corrected chi connectivity index (χ3v) is 2.99. The fraction of sp³-hybridized carbons (Fsp3) is 0.615. The van der Waals surface area contributed by atoms with Crippen molar-refractivity contribution in [3.63, 3.8) is 0 Å². The van der Waals surface area contributed by atoms with Gasteiger partial charge in [-0.3, -0.25) is 4.98 Å². The average molecular weight is 238 g/mol. The topological polar surface area (TPSA) is 34.1 Å². The number of aromatic nitrogens is 1. The van der Waals surface area contributed by atoms with Gasteiger partial charge in [-0.2, -0.15) is 0 Å². The van der Waals surface area contributed by atoms with E-state index in [-0.39, 0.29) is 6.10 Å². The van der Waals surface area contributed by atoms with Crippen LogP contribution < -0.4 is 10.1 Å². The van der Waals surface area contributed by atoms with E-state index in [1.807, 2.05) is 12.1 Å². The van der Waals surface area contributed by atoms with Gasteiger partial charge in [0.25, 0.3) is 0 Å². The van der Waals surface area contributed by atoms with Gasteiger partial charge in [0.15, 0.2) is 0 Å². The summed E-state index contributed by atoms with van der Waals surface area (Å²) in [5.41, 5.74) is 1.03. The number of ether oxygens (including phenoxy) is 1. The van der Waals surface area contributed by atoms with Gasteiger partial charge in [-0.15, -0.1) is 0 Å². The SMILES string of the molecule is CC(C)c1ccc(O[C@H]2CCNC[C@H]2F)cn1. The predicted octanol–water partition coefficient (Wildman–Crippen LogP) is 2.28. The van der Waals surface area contributed by atoms with Gasteiger partial charge in [-0.05, 0) is 31.0 Å². The zero-order chi connectivity index (χ0) is 12.3. The van der Waals surface area contributed by atoms with E-state index in [1.54, 1.807) is 6.20 Å². The number of piperidine rings is 1. The van der Waals surface area contributed by atoms with E-state index in [2.05, 4.69) is 24.1 Å². The number of pyridine rings is 1. The largest absolute Gasteiger partial charge is 0.486 e. The lowest BCUT2D eigenvalue weighted by Crippen LogP contribution is -2.44. The lowest BCUT2D eigenvalue weighted by molar-refractivity contribution is 0.0728. The van der Waals surface area contributed by atoms with Gasteiger partial charge >= 0.3 is 0 Å². The minimum absolute atomic E-state index is 0.344.